The fourth-order valence-electron chi connectivity index (χ4n) is 2.47. The number of hydrogen-bond acceptors (Lipinski definition) is 4. The summed E-state index contributed by atoms with van der Waals surface area (Å²) in [6, 6.07) is 3.45. The Balaban J connectivity index is 2.19. The molecule has 5 nitrogen and oxygen atoms in total. The monoisotopic (exact) mass is 339 g/mol. The molecule has 132 valence electrons. The minimum absolute atomic E-state index is 0.00357. The van der Waals surface area contributed by atoms with Gasteiger partial charge in [0.25, 0.3) is 5.91 Å². The van der Waals surface area contributed by atoms with Gasteiger partial charge in [0.15, 0.2) is 11.4 Å². The maximum atomic E-state index is 12.6. The van der Waals surface area contributed by atoms with E-state index in [0.29, 0.717) is 10.9 Å². The highest BCUT2D eigenvalue weighted by atomic mass is 16.3. The summed E-state index contributed by atoms with van der Waals surface area (Å²) in [7, 11) is 0. The van der Waals surface area contributed by atoms with E-state index in [4.69, 9.17) is 0 Å². The molecule has 0 saturated carbocycles. The zero-order valence-electron chi connectivity index (χ0n) is 15.0. The Morgan fingerprint density at radius 2 is 2.20 bits per heavy atom. The third-order valence-electron chi connectivity index (χ3n) is 4.10. The van der Waals surface area contributed by atoms with Crippen molar-refractivity contribution >= 4 is 16.8 Å². The molecule has 2 aromatic rings. The second-order valence-corrected chi connectivity index (χ2v) is 5.99. The molecule has 0 aliphatic rings. The van der Waals surface area contributed by atoms with Crippen molar-refractivity contribution in [2.24, 2.45) is 0 Å². The van der Waals surface area contributed by atoms with E-state index in [0.717, 1.165) is 19.3 Å². The number of fused-ring (bicyclic) bond motifs is 1. The van der Waals surface area contributed by atoms with Crippen molar-refractivity contribution in [3.63, 3.8) is 0 Å². The van der Waals surface area contributed by atoms with Gasteiger partial charge in [0.05, 0.1) is 0 Å². The van der Waals surface area contributed by atoms with Gasteiger partial charge in [-0.3, -0.25) is 9.78 Å². The molecule has 2 N–H and O–H groups in total. The van der Waals surface area contributed by atoms with Gasteiger partial charge in [0, 0.05) is 23.8 Å². The van der Waals surface area contributed by atoms with Crippen LogP contribution >= 0.6 is 0 Å². The number of rotatable bonds is 7. The van der Waals surface area contributed by atoms with Crippen molar-refractivity contribution in [3.05, 3.63) is 54.0 Å². The Hall–Kier alpha value is -2.69. The summed E-state index contributed by atoms with van der Waals surface area (Å²) in [5, 5.41) is 14.0. The third kappa shape index (κ3) is 4.89. The number of allylic oxidation sites excluding steroid dienone is 3. The van der Waals surface area contributed by atoms with Gasteiger partial charge in [0.1, 0.15) is 5.52 Å². The summed E-state index contributed by atoms with van der Waals surface area (Å²) in [4.78, 5) is 20.8. The lowest BCUT2D eigenvalue weighted by Crippen LogP contribution is -2.34. The molecule has 0 aliphatic heterocycles. The van der Waals surface area contributed by atoms with Crippen LogP contribution in [0.2, 0.25) is 0 Å². The first-order chi connectivity index (χ1) is 12.1. The summed E-state index contributed by atoms with van der Waals surface area (Å²) >= 11 is 0. The third-order valence-corrected chi connectivity index (χ3v) is 4.10. The lowest BCUT2D eigenvalue weighted by molar-refractivity contribution is 0.0935. The van der Waals surface area contributed by atoms with Gasteiger partial charge >= 0.3 is 0 Å². The van der Waals surface area contributed by atoms with Gasteiger partial charge in [-0.15, -0.1) is 0 Å². The molecular formula is C20H25N3O2. The summed E-state index contributed by atoms with van der Waals surface area (Å²) in [6.45, 7) is 6.13. The highest BCUT2D eigenvalue weighted by Gasteiger charge is 2.18. The molecular weight excluding hydrogens is 314 g/mol. The number of carbonyl (C=O) groups excluding carboxylic acids is 1. The highest BCUT2D eigenvalue weighted by molar-refractivity contribution is 6.00. The molecule has 0 spiro atoms. The molecule has 0 bridgehead atoms. The molecule has 0 radical (unpaired) electrons. The second-order valence-electron chi connectivity index (χ2n) is 5.99. The molecule has 25 heavy (non-hydrogen) atoms. The molecule has 0 aromatic carbocycles. The summed E-state index contributed by atoms with van der Waals surface area (Å²) in [5.41, 5.74) is 1.66. The number of nitrogens with one attached hydrogen (secondary N) is 1. The van der Waals surface area contributed by atoms with Crippen LogP contribution in [-0.4, -0.2) is 27.0 Å². The Bertz CT molecular complexity index is 797. The summed E-state index contributed by atoms with van der Waals surface area (Å²) in [5.74, 6) is -0.576. The summed E-state index contributed by atoms with van der Waals surface area (Å²) < 4.78 is 0. The molecule has 0 saturated heterocycles. The lowest BCUT2D eigenvalue weighted by Gasteiger charge is -2.16. The molecule has 0 fully saturated rings. The second kappa shape index (κ2) is 8.97. The number of aromatic nitrogens is 2. The van der Waals surface area contributed by atoms with Gasteiger partial charge in [-0.1, -0.05) is 30.7 Å². The zero-order chi connectivity index (χ0) is 18.2. The first-order valence-corrected chi connectivity index (χ1v) is 8.58. The van der Waals surface area contributed by atoms with Crippen LogP contribution in [0.5, 0.6) is 5.75 Å². The van der Waals surface area contributed by atoms with Crippen LogP contribution in [0, 0.1) is 0 Å². The highest BCUT2D eigenvalue weighted by Crippen LogP contribution is 2.24. The Morgan fingerprint density at radius 1 is 1.40 bits per heavy atom. The Morgan fingerprint density at radius 3 is 2.92 bits per heavy atom. The number of amides is 1. The zero-order valence-corrected chi connectivity index (χ0v) is 15.0. The van der Waals surface area contributed by atoms with E-state index < -0.39 is 5.91 Å². The van der Waals surface area contributed by atoms with Gasteiger partial charge in [-0.05, 0) is 45.2 Å². The predicted molar refractivity (Wildman–Crippen MR) is 101 cm³/mol. The normalized spacial score (nSPS) is 13.3. The van der Waals surface area contributed by atoms with E-state index in [9.17, 15) is 9.90 Å². The maximum Gasteiger partial charge on any atom is 0.274 e. The number of carbonyl (C=O) groups is 1. The van der Waals surface area contributed by atoms with Crippen LogP contribution in [0.1, 0.15) is 50.5 Å². The molecule has 1 atom stereocenters. The lowest BCUT2D eigenvalue weighted by atomic mass is 10.1. The van der Waals surface area contributed by atoms with Gasteiger partial charge in [-0.25, -0.2) is 4.98 Å². The molecule has 2 aromatic heterocycles. The van der Waals surface area contributed by atoms with Gasteiger partial charge in [0.2, 0.25) is 0 Å². The van der Waals surface area contributed by atoms with Crippen molar-refractivity contribution in [3.8, 4) is 5.75 Å². The average molecular weight is 339 g/mol. The van der Waals surface area contributed by atoms with Crippen molar-refractivity contribution < 1.29 is 9.90 Å². The Kier molecular flexibility index (Phi) is 6.69. The van der Waals surface area contributed by atoms with Crippen molar-refractivity contribution in [1.82, 2.24) is 15.3 Å². The van der Waals surface area contributed by atoms with Crippen LogP contribution in [0.15, 0.2) is 48.3 Å². The predicted octanol–water partition coefficient (Wildman–Crippen LogP) is 4.15. The van der Waals surface area contributed by atoms with Gasteiger partial charge < -0.3 is 10.4 Å². The van der Waals surface area contributed by atoms with Crippen LogP contribution < -0.4 is 5.32 Å². The maximum absolute atomic E-state index is 12.6. The molecule has 2 rings (SSSR count). The minimum atomic E-state index is -0.395. The van der Waals surface area contributed by atoms with Crippen LogP contribution in [-0.2, 0) is 0 Å². The quantitative estimate of drug-likeness (QED) is 0.743. The van der Waals surface area contributed by atoms with E-state index in [-0.39, 0.29) is 17.5 Å². The fraction of sp³-hybridized carbons (Fsp3) is 0.350. The summed E-state index contributed by atoms with van der Waals surface area (Å²) in [6.07, 6.45) is 11.8. The minimum Gasteiger partial charge on any atom is -0.504 e. The number of nitrogens with zero attached hydrogens (tertiary/aromatic N) is 2. The first kappa shape index (κ1) is 18.6. The van der Waals surface area contributed by atoms with Crippen molar-refractivity contribution in [2.45, 2.75) is 46.1 Å². The molecule has 5 heteroatoms. The molecule has 1 unspecified atom stereocenters. The van der Waals surface area contributed by atoms with E-state index in [1.165, 1.54) is 5.57 Å². The number of pyridine rings is 2. The molecule has 2 heterocycles. The van der Waals surface area contributed by atoms with Crippen molar-refractivity contribution in [2.75, 3.05) is 0 Å². The number of aromatic hydroxyl groups is 1. The largest absolute Gasteiger partial charge is 0.504 e. The fourth-order valence-corrected chi connectivity index (χ4v) is 2.47. The standard InChI is InChI=1S/C20H25N3O2/c1-4-6-9-16(11-10-14(3)5-2)23-20(25)18-19(24)17-15(13-22-18)8-7-12-21-17/h5-9,12-13,16,24H,4,10-11H2,1-3H3,(H,23,25)/b9-6+,14-5+. The van der Waals surface area contributed by atoms with Crippen LogP contribution in [0.3, 0.4) is 0 Å². The molecule has 0 aliphatic carbocycles. The van der Waals surface area contributed by atoms with E-state index in [1.807, 2.05) is 19.1 Å². The molecule has 1 amide bonds. The van der Waals surface area contributed by atoms with E-state index in [1.54, 1.807) is 24.5 Å². The smallest absolute Gasteiger partial charge is 0.274 e. The Labute approximate surface area is 148 Å². The first-order valence-electron chi connectivity index (χ1n) is 8.58. The van der Waals surface area contributed by atoms with E-state index in [2.05, 4.69) is 35.2 Å². The average Bonchev–Trinajstić information content (AvgIpc) is 2.63. The van der Waals surface area contributed by atoms with E-state index >= 15 is 0 Å². The van der Waals surface area contributed by atoms with Crippen molar-refractivity contribution in [1.29, 1.82) is 0 Å². The topological polar surface area (TPSA) is 75.1 Å². The van der Waals surface area contributed by atoms with Crippen LogP contribution in [0.25, 0.3) is 10.9 Å². The number of hydrogen-bond donors (Lipinski definition) is 2. The van der Waals surface area contributed by atoms with Gasteiger partial charge in [-0.2, -0.15) is 0 Å². The SMILES string of the molecule is C/C=C(\C)CCC(/C=C/CC)NC(=O)c1ncc2cccnc2c1O. The van der Waals surface area contributed by atoms with Crippen LogP contribution in [0.4, 0.5) is 0 Å².